The summed E-state index contributed by atoms with van der Waals surface area (Å²) < 4.78 is 33.3. The van der Waals surface area contributed by atoms with Gasteiger partial charge >= 0.3 is 19.8 Å². The normalized spacial score (nSPS) is 14.4. The molecule has 34 heavy (non-hydrogen) atoms. The maximum atomic E-state index is 12.3. The molecule has 1 N–H and O–H groups in total. The highest BCUT2D eigenvalue weighted by Crippen LogP contribution is 2.43. The van der Waals surface area contributed by atoms with Crippen molar-refractivity contribution in [2.45, 2.75) is 97.0 Å². The number of phosphoric ester groups is 1. The van der Waals surface area contributed by atoms with Gasteiger partial charge in [0.05, 0.1) is 27.7 Å². The van der Waals surface area contributed by atoms with Crippen molar-refractivity contribution in [1.29, 1.82) is 0 Å². The molecule has 0 aliphatic heterocycles. The number of rotatable bonds is 22. The van der Waals surface area contributed by atoms with Gasteiger partial charge in [-0.05, 0) is 12.8 Å². The Kier molecular flexibility index (Phi) is 18.7. The molecule has 0 saturated heterocycles. The zero-order valence-electron chi connectivity index (χ0n) is 22.1. The van der Waals surface area contributed by atoms with Crippen LogP contribution in [0, 0.1) is 0 Å². The number of quaternary nitrogens is 1. The van der Waals surface area contributed by atoms with E-state index >= 15 is 0 Å². The van der Waals surface area contributed by atoms with E-state index in [9.17, 15) is 19.0 Å². The molecule has 0 bridgehead atoms. The molecule has 10 heteroatoms. The Bertz CT molecular complexity index is 594. The number of esters is 2. The van der Waals surface area contributed by atoms with E-state index < -0.39 is 32.5 Å². The second-order valence-electron chi connectivity index (χ2n) is 9.73. The first-order chi connectivity index (χ1) is 16.0. The van der Waals surface area contributed by atoms with Crippen LogP contribution in [-0.2, 0) is 32.7 Å². The molecule has 2 atom stereocenters. The highest BCUT2D eigenvalue weighted by atomic mass is 31.2. The van der Waals surface area contributed by atoms with Crippen LogP contribution in [-0.4, -0.2) is 74.9 Å². The number of ether oxygens (including phenoxy) is 2. The molecular weight excluding hydrogens is 461 g/mol. The van der Waals surface area contributed by atoms with Crippen LogP contribution in [0.2, 0.25) is 0 Å². The van der Waals surface area contributed by atoms with E-state index in [1.807, 2.05) is 28.1 Å². The summed E-state index contributed by atoms with van der Waals surface area (Å²) in [4.78, 5) is 34.0. The first-order valence-corrected chi connectivity index (χ1v) is 14.3. The summed E-state index contributed by atoms with van der Waals surface area (Å²) >= 11 is 0. The van der Waals surface area contributed by atoms with Crippen LogP contribution in [0.15, 0.2) is 0 Å². The minimum Gasteiger partial charge on any atom is -0.462 e. The Morgan fingerprint density at radius 2 is 1.35 bits per heavy atom. The monoisotopic (exact) mass is 510 g/mol. The molecule has 0 aliphatic carbocycles. The molecular formula is C24H49NO8P+. The largest absolute Gasteiger partial charge is 0.472 e. The molecule has 0 aliphatic rings. The van der Waals surface area contributed by atoms with Gasteiger partial charge < -0.3 is 18.9 Å². The fourth-order valence-corrected chi connectivity index (χ4v) is 3.73. The Labute approximate surface area is 206 Å². The third-order valence-corrected chi connectivity index (χ3v) is 6.12. The van der Waals surface area contributed by atoms with E-state index in [4.69, 9.17) is 18.5 Å². The molecule has 0 fully saturated rings. The molecule has 0 radical (unpaired) electrons. The highest BCUT2D eigenvalue weighted by Gasteiger charge is 2.26. The average Bonchev–Trinajstić information content (AvgIpc) is 2.74. The Hall–Kier alpha value is -0.990. The van der Waals surface area contributed by atoms with Gasteiger partial charge in [-0.25, -0.2) is 4.57 Å². The topological polar surface area (TPSA) is 108 Å². The second kappa shape index (κ2) is 19.2. The second-order valence-corrected chi connectivity index (χ2v) is 11.2. The van der Waals surface area contributed by atoms with Crippen molar-refractivity contribution in [2.75, 3.05) is 47.5 Å². The maximum Gasteiger partial charge on any atom is 0.472 e. The summed E-state index contributed by atoms with van der Waals surface area (Å²) in [5.41, 5.74) is 0. The van der Waals surface area contributed by atoms with Gasteiger partial charge in [0.15, 0.2) is 6.10 Å². The third-order valence-electron chi connectivity index (χ3n) is 5.14. The highest BCUT2D eigenvalue weighted by molar-refractivity contribution is 7.47. The van der Waals surface area contributed by atoms with Gasteiger partial charge in [-0.2, -0.15) is 0 Å². The number of likely N-dealkylation sites (N-methyl/N-ethyl adjacent to an activating group) is 1. The average molecular weight is 511 g/mol. The Balaban J connectivity index is 4.52. The van der Waals surface area contributed by atoms with Gasteiger partial charge in [-0.3, -0.25) is 18.6 Å². The van der Waals surface area contributed by atoms with Gasteiger partial charge in [-0.1, -0.05) is 65.2 Å². The quantitative estimate of drug-likeness (QED) is 0.0938. The van der Waals surface area contributed by atoms with Crippen molar-refractivity contribution in [3.63, 3.8) is 0 Å². The van der Waals surface area contributed by atoms with Gasteiger partial charge in [0.1, 0.15) is 19.8 Å². The number of nitrogens with zero attached hydrogens (tertiary/aromatic N) is 1. The molecule has 0 amide bonds. The van der Waals surface area contributed by atoms with Gasteiger partial charge in [0.2, 0.25) is 0 Å². The van der Waals surface area contributed by atoms with Crippen LogP contribution in [0.3, 0.4) is 0 Å². The molecule has 0 rings (SSSR count). The number of carbonyl (C=O) groups excluding carboxylic acids is 2. The summed E-state index contributed by atoms with van der Waals surface area (Å²) in [7, 11) is 1.47. The lowest BCUT2D eigenvalue weighted by Crippen LogP contribution is -2.37. The Morgan fingerprint density at radius 1 is 0.794 bits per heavy atom. The summed E-state index contributed by atoms with van der Waals surface area (Å²) in [6, 6.07) is 0. The number of hydrogen-bond acceptors (Lipinski definition) is 7. The van der Waals surface area contributed by atoms with E-state index in [0.717, 1.165) is 19.3 Å². The lowest BCUT2D eigenvalue weighted by atomic mass is 10.1. The van der Waals surface area contributed by atoms with Crippen molar-refractivity contribution in [3.05, 3.63) is 0 Å². The minimum atomic E-state index is -4.32. The molecule has 9 nitrogen and oxygen atoms in total. The smallest absolute Gasteiger partial charge is 0.462 e. The fraction of sp³-hybridized carbons (Fsp3) is 0.917. The lowest BCUT2D eigenvalue weighted by Gasteiger charge is -2.24. The standard InChI is InChI=1S/C24H48NO8P/c1-6-8-10-11-12-13-14-15-17-24(27)33-22(20-30-23(26)16-9-7-2)21-32-34(28,29)31-19-18-25(3,4)5/h22H,6-21H2,1-5H3/p+1/t22-/m1/s1. The SMILES string of the molecule is CCCCCCCCCCC(=O)O[C@H](COC(=O)CCCC)COP(=O)(O)OCC[N+](C)(C)C. The van der Waals surface area contributed by atoms with E-state index in [0.29, 0.717) is 23.9 Å². The van der Waals surface area contributed by atoms with Crippen molar-refractivity contribution < 1.29 is 42.1 Å². The van der Waals surface area contributed by atoms with Crippen LogP contribution in [0.1, 0.15) is 90.9 Å². The molecule has 0 aromatic carbocycles. The van der Waals surface area contributed by atoms with Crippen molar-refractivity contribution in [2.24, 2.45) is 0 Å². The fourth-order valence-electron chi connectivity index (χ4n) is 2.99. The van der Waals surface area contributed by atoms with Crippen LogP contribution < -0.4 is 0 Å². The summed E-state index contributed by atoms with van der Waals surface area (Å²) in [5, 5.41) is 0. The molecule has 202 valence electrons. The first-order valence-electron chi connectivity index (χ1n) is 12.8. The molecule has 0 heterocycles. The van der Waals surface area contributed by atoms with Gasteiger partial charge in [0, 0.05) is 12.8 Å². The molecule has 0 spiro atoms. The molecule has 0 aromatic heterocycles. The zero-order chi connectivity index (χ0) is 25.9. The van der Waals surface area contributed by atoms with Crippen molar-refractivity contribution in [1.82, 2.24) is 0 Å². The first kappa shape index (κ1) is 33.0. The summed E-state index contributed by atoms with van der Waals surface area (Å²) in [6.45, 7) is 4.07. The predicted molar refractivity (Wildman–Crippen MR) is 132 cm³/mol. The van der Waals surface area contributed by atoms with Crippen LogP contribution in [0.25, 0.3) is 0 Å². The zero-order valence-corrected chi connectivity index (χ0v) is 23.0. The predicted octanol–water partition coefficient (Wildman–Crippen LogP) is 5.00. The Morgan fingerprint density at radius 3 is 1.94 bits per heavy atom. The summed E-state index contributed by atoms with van der Waals surface area (Å²) in [6.07, 6.45) is 9.95. The molecule has 0 saturated carbocycles. The van der Waals surface area contributed by atoms with E-state index in [1.165, 1.54) is 32.1 Å². The maximum absolute atomic E-state index is 12.3. The van der Waals surface area contributed by atoms with Gasteiger partial charge in [0.25, 0.3) is 0 Å². The molecule has 1 unspecified atom stereocenters. The number of unbranched alkanes of at least 4 members (excludes halogenated alkanes) is 8. The number of phosphoric acid groups is 1. The van der Waals surface area contributed by atoms with E-state index in [-0.39, 0.29) is 26.1 Å². The minimum absolute atomic E-state index is 0.0339. The van der Waals surface area contributed by atoms with E-state index in [1.54, 1.807) is 0 Å². The third kappa shape index (κ3) is 21.5. The number of hydrogen-bond donors (Lipinski definition) is 1. The van der Waals surface area contributed by atoms with Crippen LogP contribution in [0.4, 0.5) is 0 Å². The van der Waals surface area contributed by atoms with Crippen LogP contribution in [0.5, 0.6) is 0 Å². The van der Waals surface area contributed by atoms with Crippen molar-refractivity contribution >= 4 is 19.8 Å². The van der Waals surface area contributed by atoms with Gasteiger partial charge in [-0.15, -0.1) is 0 Å². The van der Waals surface area contributed by atoms with Crippen LogP contribution >= 0.6 is 7.82 Å². The molecule has 0 aromatic rings. The summed E-state index contributed by atoms with van der Waals surface area (Å²) in [5.74, 6) is -0.847. The van der Waals surface area contributed by atoms with E-state index in [2.05, 4.69) is 6.92 Å². The van der Waals surface area contributed by atoms with Crippen molar-refractivity contribution in [3.8, 4) is 0 Å². The number of carbonyl (C=O) groups is 2. The lowest BCUT2D eigenvalue weighted by molar-refractivity contribution is -0.870.